The molecule has 0 bridgehead atoms. The number of aryl methyl sites for hydroxylation is 3. The van der Waals surface area contributed by atoms with Crippen LogP contribution in [0.25, 0.3) is 0 Å². The molecule has 0 saturated heterocycles. The summed E-state index contributed by atoms with van der Waals surface area (Å²) < 4.78 is 5.75. The van der Waals surface area contributed by atoms with Crippen molar-refractivity contribution in [3.63, 3.8) is 0 Å². The molecular weight excluding hydrogens is 262 g/mol. The van der Waals surface area contributed by atoms with E-state index in [2.05, 4.69) is 29.1 Å². The second-order valence-corrected chi connectivity index (χ2v) is 5.77. The minimum atomic E-state index is 0.408. The van der Waals surface area contributed by atoms with E-state index in [0.717, 1.165) is 23.6 Å². The van der Waals surface area contributed by atoms with Crippen LogP contribution in [0.4, 0.5) is 0 Å². The van der Waals surface area contributed by atoms with E-state index in [0.29, 0.717) is 12.1 Å². The molecule has 110 valence electrons. The number of hydrogen-bond donors (Lipinski definition) is 1. The summed E-state index contributed by atoms with van der Waals surface area (Å²) in [5, 5.41) is 3.48. The predicted molar refractivity (Wildman–Crippen MR) is 82.6 cm³/mol. The van der Waals surface area contributed by atoms with Gasteiger partial charge in [-0.15, -0.1) is 0 Å². The summed E-state index contributed by atoms with van der Waals surface area (Å²) in [6.45, 7) is 6.99. The van der Waals surface area contributed by atoms with Crippen molar-refractivity contribution in [3.8, 4) is 11.8 Å². The number of nitrogens with zero attached hydrogens (tertiary/aromatic N) is 2. The third kappa shape index (κ3) is 3.58. The molecule has 0 spiro atoms. The molecule has 21 heavy (non-hydrogen) atoms. The fourth-order valence-electron chi connectivity index (χ4n) is 2.12. The number of nitrogens with one attached hydrogen (secondary N) is 1. The molecule has 1 fully saturated rings. The highest BCUT2D eigenvalue weighted by Gasteiger charge is 2.20. The quantitative estimate of drug-likeness (QED) is 0.913. The van der Waals surface area contributed by atoms with Gasteiger partial charge in [-0.3, -0.25) is 0 Å². The summed E-state index contributed by atoms with van der Waals surface area (Å²) in [6.07, 6.45) is 4.43. The van der Waals surface area contributed by atoms with Crippen molar-refractivity contribution in [2.45, 2.75) is 46.2 Å². The van der Waals surface area contributed by atoms with E-state index in [1.54, 1.807) is 0 Å². The Morgan fingerprint density at radius 3 is 2.67 bits per heavy atom. The van der Waals surface area contributed by atoms with Crippen LogP contribution in [0.5, 0.6) is 11.8 Å². The Balaban J connectivity index is 1.70. The van der Waals surface area contributed by atoms with Gasteiger partial charge in [-0.2, -0.15) is 4.98 Å². The van der Waals surface area contributed by atoms with E-state index in [9.17, 15) is 0 Å². The van der Waals surface area contributed by atoms with E-state index in [1.165, 1.54) is 24.0 Å². The molecule has 1 heterocycles. The SMILES string of the molecule is Cc1ccc(Oc2ncc(CNC3CC3)c(C)n2)cc1C. The zero-order valence-electron chi connectivity index (χ0n) is 12.8. The molecule has 0 unspecified atom stereocenters. The first-order valence-corrected chi connectivity index (χ1v) is 7.43. The average molecular weight is 283 g/mol. The zero-order chi connectivity index (χ0) is 14.8. The highest BCUT2D eigenvalue weighted by molar-refractivity contribution is 5.35. The Hall–Kier alpha value is -1.94. The van der Waals surface area contributed by atoms with E-state index >= 15 is 0 Å². The molecule has 1 aliphatic carbocycles. The van der Waals surface area contributed by atoms with E-state index in [4.69, 9.17) is 4.74 Å². The van der Waals surface area contributed by atoms with Crippen molar-refractivity contribution in [1.29, 1.82) is 0 Å². The first kappa shape index (κ1) is 14.0. The predicted octanol–water partition coefficient (Wildman–Crippen LogP) is 3.45. The molecule has 4 heteroatoms. The maximum absolute atomic E-state index is 5.75. The number of aromatic nitrogens is 2. The fraction of sp³-hybridized carbons (Fsp3) is 0.412. The Morgan fingerprint density at radius 2 is 2.00 bits per heavy atom. The normalized spacial score (nSPS) is 14.2. The van der Waals surface area contributed by atoms with Crippen LogP contribution in [0.2, 0.25) is 0 Å². The van der Waals surface area contributed by atoms with Crippen LogP contribution in [-0.2, 0) is 6.54 Å². The second kappa shape index (κ2) is 5.82. The van der Waals surface area contributed by atoms with Crippen LogP contribution >= 0.6 is 0 Å². The van der Waals surface area contributed by atoms with E-state index < -0.39 is 0 Å². The number of ether oxygens (including phenoxy) is 1. The lowest BCUT2D eigenvalue weighted by Crippen LogP contribution is -2.16. The van der Waals surface area contributed by atoms with Gasteiger partial charge in [0.1, 0.15) is 5.75 Å². The standard InChI is InChI=1S/C17H21N3O/c1-11-4-7-16(8-12(11)2)21-17-19-10-14(13(3)20-17)9-18-15-5-6-15/h4,7-8,10,15,18H,5-6,9H2,1-3H3. The highest BCUT2D eigenvalue weighted by atomic mass is 16.5. The highest BCUT2D eigenvalue weighted by Crippen LogP contribution is 2.22. The van der Waals surface area contributed by atoms with Gasteiger partial charge in [0, 0.05) is 30.0 Å². The summed E-state index contributed by atoms with van der Waals surface area (Å²) >= 11 is 0. The Labute approximate surface area is 125 Å². The summed E-state index contributed by atoms with van der Waals surface area (Å²) in [4.78, 5) is 8.76. The molecule has 1 N–H and O–H groups in total. The van der Waals surface area contributed by atoms with Gasteiger partial charge in [-0.05, 0) is 56.9 Å². The zero-order valence-corrected chi connectivity index (χ0v) is 12.8. The van der Waals surface area contributed by atoms with Gasteiger partial charge in [0.25, 0.3) is 0 Å². The van der Waals surface area contributed by atoms with Gasteiger partial charge in [0.05, 0.1) is 0 Å². The molecule has 0 radical (unpaired) electrons. The first-order chi connectivity index (χ1) is 10.1. The smallest absolute Gasteiger partial charge is 0.322 e. The Kier molecular flexibility index (Phi) is 3.88. The van der Waals surface area contributed by atoms with Gasteiger partial charge in [-0.25, -0.2) is 4.98 Å². The van der Waals surface area contributed by atoms with Crippen LogP contribution in [0, 0.1) is 20.8 Å². The monoisotopic (exact) mass is 283 g/mol. The summed E-state index contributed by atoms with van der Waals surface area (Å²) in [5.74, 6) is 0.779. The van der Waals surface area contributed by atoms with Gasteiger partial charge in [0.15, 0.2) is 0 Å². The molecule has 1 aromatic heterocycles. The Bertz CT molecular complexity index is 650. The van der Waals surface area contributed by atoms with Crippen molar-refractivity contribution in [2.24, 2.45) is 0 Å². The minimum Gasteiger partial charge on any atom is -0.424 e. The minimum absolute atomic E-state index is 0.408. The number of benzene rings is 1. The molecule has 1 saturated carbocycles. The maximum atomic E-state index is 5.75. The first-order valence-electron chi connectivity index (χ1n) is 7.43. The third-order valence-corrected chi connectivity index (χ3v) is 3.90. The van der Waals surface area contributed by atoms with Gasteiger partial charge in [-0.1, -0.05) is 6.07 Å². The molecule has 1 aromatic carbocycles. The molecular formula is C17H21N3O. The molecule has 3 rings (SSSR count). The molecule has 0 atom stereocenters. The number of rotatable bonds is 5. The lowest BCUT2D eigenvalue weighted by atomic mass is 10.1. The summed E-state index contributed by atoms with van der Waals surface area (Å²) in [5.41, 5.74) is 4.56. The van der Waals surface area contributed by atoms with Gasteiger partial charge < -0.3 is 10.1 Å². The van der Waals surface area contributed by atoms with Gasteiger partial charge >= 0.3 is 6.01 Å². The Morgan fingerprint density at radius 1 is 1.19 bits per heavy atom. The van der Waals surface area contributed by atoms with Crippen molar-refractivity contribution in [1.82, 2.24) is 15.3 Å². The van der Waals surface area contributed by atoms with Crippen LogP contribution in [0.15, 0.2) is 24.4 Å². The topological polar surface area (TPSA) is 47.0 Å². The van der Waals surface area contributed by atoms with Crippen LogP contribution in [0.3, 0.4) is 0 Å². The fourth-order valence-corrected chi connectivity index (χ4v) is 2.12. The van der Waals surface area contributed by atoms with E-state index in [1.807, 2.05) is 31.3 Å². The maximum Gasteiger partial charge on any atom is 0.322 e. The number of hydrogen-bond acceptors (Lipinski definition) is 4. The summed E-state index contributed by atoms with van der Waals surface area (Å²) in [7, 11) is 0. The summed E-state index contributed by atoms with van der Waals surface area (Å²) in [6, 6.07) is 7.10. The lowest BCUT2D eigenvalue weighted by molar-refractivity contribution is 0.438. The van der Waals surface area contributed by atoms with Crippen molar-refractivity contribution in [3.05, 3.63) is 46.8 Å². The lowest BCUT2D eigenvalue weighted by Gasteiger charge is -2.09. The molecule has 0 aliphatic heterocycles. The van der Waals surface area contributed by atoms with Crippen molar-refractivity contribution >= 4 is 0 Å². The molecule has 4 nitrogen and oxygen atoms in total. The van der Waals surface area contributed by atoms with Gasteiger partial charge in [0.2, 0.25) is 0 Å². The van der Waals surface area contributed by atoms with Crippen LogP contribution in [-0.4, -0.2) is 16.0 Å². The van der Waals surface area contributed by atoms with Crippen molar-refractivity contribution in [2.75, 3.05) is 0 Å². The van der Waals surface area contributed by atoms with Crippen LogP contribution in [0.1, 0.15) is 35.2 Å². The second-order valence-electron chi connectivity index (χ2n) is 5.77. The largest absolute Gasteiger partial charge is 0.424 e. The third-order valence-electron chi connectivity index (χ3n) is 3.90. The molecule has 0 amide bonds. The van der Waals surface area contributed by atoms with Crippen molar-refractivity contribution < 1.29 is 4.74 Å². The van der Waals surface area contributed by atoms with E-state index in [-0.39, 0.29) is 0 Å². The van der Waals surface area contributed by atoms with Crippen LogP contribution < -0.4 is 10.1 Å². The molecule has 1 aliphatic rings. The molecule has 2 aromatic rings. The average Bonchev–Trinajstić information content (AvgIpc) is 3.26.